The Morgan fingerprint density at radius 1 is 0.415 bits per heavy atom. The Kier molecular flexibility index (Phi) is 5.71. The van der Waals surface area contributed by atoms with E-state index in [0.717, 1.165) is 93.4 Å². The quantitative estimate of drug-likeness (QED) is 0.187. The first-order chi connectivity index (χ1) is 26.3. The number of benzene rings is 8. The molecule has 0 aliphatic heterocycles. The third-order valence-electron chi connectivity index (χ3n) is 10.9. The lowest BCUT2D eigenvalue weighted by Gasteiger charge is -2.12. The van der Waals surface area contributed by atoms with E-state index in [1.54, 1.807) is 0 Å². The molecule has 246 valence electrons. The number of furan rings is 1. The zero-order chi connectivity index (χ0) is 34.6. The van der Waals surface area contributed by atoms with Gasteiger partial charge in [0.2, 0.25) is 5.95 Å². The SMILES string of the molecule is c1ccc(-c2nc(-n3c4ccccc4c4c5c6c7oc8ccccc8c7ccc6n(-c6ccc7ccccc7c6)c5ccc43)nc3ccccc23)cc1. The van der Waals surface area contributed by atoms with Crippen molar-refractivity contribution in [2.75, 3.05) is 0 Å². The summed E-state index contributed by atoms with van der Waals surface area (Å²) >= 11 is 0. The van der Waals surface area contributed by atoms with E-state index in [2.05, 4.69) is 161 Å². The first-order valence-corrected chi connectivity index (χ1v) is 17.9. The van der Waals surface area contributed by atoms with Crippen LogP contribution >= 0.6 is 0 Å². The Labute approximate surface area is 302 Å². The van der Waals surface area contributed by atoms with Crippen LogP contribution in [0.4, 0.5) is 0 Å². The molecule has 0 atom stereocenters. The highest BCUT2D eigenvalue weighted by Gasteiger charge is 2.25. The van der Waals surface area contributed by atoms with Crippen LogP contribution in [-0.2, 0) is 0 Å². The lowest BCUT2D eigenvalue weighted by molar-refractivity contribution is 0.673. The molecule has 12 rings (SSSR count). The number of fused-ring (bicyclic) bond motifs is 13. The van der Waals surface area contributed by atoms with E-state index in [4.69, 9.17) is 14.4 Å². The van der Waals surface area contributed by atoms with Crippen molar-refractivity contribution in [3.8, 4) is 22.9 Å². The second-order valence-corrected chi connectivity index (χ2v) is 13.8. The van der Waals surface area contributed by atoms with Crippen LogP contribution in [0.2, 0.25) is 0 Å². The van der Waals surface area contributed by atoms with Crippen LogP contribution in [0.1, 0.15) is 0 Å². The van der Waals surface area contributed by atoms with Gasteiger partial charge in [0.15, 0.2) is 0 Å². The molecule has 12 aromatic rings. The smallest absolute Gasteiger partial charge is 0.235 e. The molecule has 4 heterocycles. The molecule has 8 aromatic carbocycles. The van der Waals surface area contributed by atoms with Crippen molar-refractivity contribution in [1.82, 2.24) is 19.1 Å². The normalized spacial score (nSPS) is 12.2. The lowest BCUT2D eigenvalue weighted by atomic mass is 10.0. The molecule has 0 bridgehead atoms. The summed E-state index contributed by atoms with van der Waals surface area (Å²) in [6.45, 7) is 0. The van der Waals surface area contributed by atoms with E-state index in [9.17, 15) is 0 Å². The Morgan fingerprint density at radius 2 is 1.09 bits per heavy atom. The first kappa shape index (κ1) is 28.5. The summed E-state index contributed by atoms with van der Waals surface area (Å²) in [6.07, 6.45) is 0. The fraction of sp³-hybridized carbons (Fsp3) is 0. The summed E-state index contributed by atoms with van der Waals surface area (Å²) in [4.78, 5) is 10.6. The number of rotatable bonds is 3. The predicted octanol–water partition coefficient (Wildman–Crippen LogP) is 12.5. The summed E-state index contributed by atoms with van der Waals surface area (Å²) in [5.41, 5.74) is 10.1. The van der Waals surface area contributed by atoms with E-state index in [1.807, 2.05) is 18.2 Å². The second kappa shape index (κ2) is 10.6. The Bertz CT molecular complexity index is 3460. The van der Waals surface area contributed by atoms with E-state index in [1.165, 1.54) is 10.8 Å². The van der Waals surface area contributed by atoms with E-state index >= 15 is 0 Å². The first-order valence-electron chi connectivity index (χ1n) is 17.9. The van der Waals surface area contributed by atoms with Gasteiger partial charge in [0, 0.05) is 43.6 Å². The molecule has 0 fully saturated rings. The third kappa shape index (κ3) is 3.96. The van der Waals surface area contributed by atoms with Gasteiger partial charge >= 0.3 is 0 Å². The van der Waals surface area contributed by atoms with Gasteiger partial charge in [0.05, 0.1) is 38.7 Å². The van der Waals surface area contributed by atoms with Crippen LogP contribution in [-0.4, -0.2) is 19.1 Å². The zero-order valence-electron chi connectivity index (χ0n) is 28.4. The van der Waals surface area contributed by atoms with Gasteiger partial charge in [0.25, 0.3) is 0 Å². The maximum absolute atomic E-state index is 6.81. The van der Waals surface area contributed by atoms with Crippen LogP contribution < -0.4 is 0 Å². The predicted molar refractivity (Wildman–Crippen MR) is 218 cm³/mol. The molecule has 0 saturated heterocycles. The Balaban J connectivity index is 1.26. The molecular formula is C48H28N4O. The van der Waals surface area contributed by atoms with Crippen LogP contribution in [0.25, 0.3) is 110 Å². The van der Waals surface area contributed by atoms with Crippen molar-refractivity contribution in [1.29, 1.82) is 0 Å². The summed E-state index contributed by atoms with van der Waals surface area (Å²) < 4.78 is 11.4. The van der Waals surface area contributed by atoms with Gasteiger partial charge in [-0.1, -0.05) is 115 Å². The highest BCUT2D eigenvalue weighted by molar-refractivity contribution is 6.34. The minimum atomic E-state index is 0.639. The number of nitrogens with zero attached hydrogens (tertiary/aromatic N) is 4. The van der Waals surface area contributed by atoms with Crippen LogP contribution in [0.3, 0.4) is 0 Å². The topological polar surface area (TPSA) is 48.8 Å². The highest BCUT2D eigenvalue weighted by atomic mass is 16.3. The minimum Gasteiger partial charge on any atom is -0.455 e. The monoisotopic (exact) mass is 676 g/mol. The number of hydrogen-bond donors (Lipinski definition) is 0. The van der Waals surface area contributed by atoms with Crippen molar-refractivity contribution in [2.24, 2.45) is 0 Å². The lowest BCUT2D eigenvalue weighted by Crippen LogP contribution is -2.03. The minimum absolute atomic E-state index is 0.639. The molecule has 4 aromatic heterocycles. The zero-order valence-corrected chi connectivity index (χ0v) is 28.4. The van der Waals surface area contributed by atoms with Gasteiger partial charge in [-0.25, -0.2) is 9.97 Å². The Hall–Kier alpha value is -7.24. The van der Waals surface area contributed by atoms with Crippen LogP contribution in [0.5, 0.6) is 0 Å². The number of para-hydroxylation sites is 3. The molecule has 5 nitrogen and oxygen atoms in total. The molecule has 0 amide bonds. The summed E-state index contributed by atoms with van der Waals surface area (Å²) in [5.74, 6) is 0.639. The van der Waals surface area contributed by atoms with E-state index in [-0.39, 0.29) is 0 Å². The average Bonchev–Trinajstić information content (AvgIpc) is 3.88. The summed E-state index contributed by atoms with van der Waals surface area (Å²) in [7, 11) is 0. The molecule has 0 radical (unpaired) electrons. The molecule has 0 aliphatic rings. The van der Waals surface area contributed by atoms with Gasteiger partial charge in [-0.2, -0.15) is 0 Å². The van der Waals surface area contributed by atoms with Crippen LogP contribution in [0.15, 0.2) is 174 Å². The largest absolute Gasteiger partial charge is 0.455 e. The number of hydrogen-bond acceptors (Lipinski definition) is 3. The standard InChI is InChI=1S/C48H28N4O/c1-2-13-30(14-3-1)46-35-17-6-9-19-37(35)49-48(50-46)52-38-20-10-7-18-36(38)43-39(52)26-27-40-44(43)45-41(25-24-34-33-16-8-11-21-42(33)53-47(34)45)51(40)32-23-22-29-12-4-5-15-31(29)28-32/h1-28H. The molecule has 0 unspecified atom stereocenters. The third-order valence-corrected chi connectivity index (χ3v) is 10.9. The maximum atomic E-state index is 6.81. The van der Waals surface area contributed by atoms with Gasteiger partial charge in [-0.3, -0.25) is 4.57 Å². The van der Waals surface area contributed by atoms with Crippen molar-refractivity contribution < 1.29 is 4.42 Å². The highest BCUT2D eigenvalue weighted by Crippen LogP contribution is 2.46. The molecule has 5 heteroatoms. The van der Waals surface area contributed by atoms with Crippen molar-refractivity contribution in [2.45, 2.75) is 0 Å². The molecule has 53 heavy (non-hydrogen) atoms. The van der Waals surface area contributed by atoms with E-state index in [0.29, 0.717) is 5.95 Å². The van der Waals surface area contributed by atoms with Crippen LogP contribution in [0, 0.1) is 0 Å². The van der Waals surface area contributed by atoms with Gasteiger partial charge in [-0.05, 0) is 65.4 Å². The van der Waals surface area contributed by atoms with Gasteiger partial charge < -0.3 is 8.98 Å². The second-order valence-electron chi connectivity index (χ2n) is 13.8. The van der Waals surface area contributed by atoms with Gasteiger partial charge in [-0.15, -0.1) is 0 Å². The summed E-state index contributed by atoms with van der Waals surface area (Å²) in [6, 6.07) is 59.9. The molecule has 0 saturated carbocycles. The fourth-order valence-electron chi connectivity index (χ4n) is 8.61. The average molecular weight is 677 g/mol. The fourth-order valence-corrected chi connectivity index (χ4v) is 8.61. The van der Waals surface area contributed by atoms with Gasteiger partial charge in [0.1, 0.15) is 11.2 Å². The summed E-state index contributed by atoms with van der Waals surface area (Å²) in [5, 5.41) is 10.2. The van der Waals surface area contributed by atoms with Crippen molar-refractivity contribution in [3.05, 3.63) is 170 Å². The molecular weight excluding hydrogens is 649 g/mol. The molecule has 0 aliphatic carbocycles. The van der Waals surface area contributed by atoms with E-state index < -0.39 is 0 Å². The van der Waals surface area contributed by atoms with Crippen molar-refractivity contribution in [3.63, 3.8) is 0 Å². The maximum Gasteiger partial charge on any atom is 0.235 e. The number of aromatic nitrogens is 4. The Morgan fingerprint density at radius 3 is 1.98 bits per heavy atom. The molecule has 0 N–H and O–H groups in total. The molecule has 0 spiro atoms. The van der Waals surface area contributed by atoms with Crippen molar-refractivity contribution >= 4 is 87.2 Å².